The molecule has 3 rings (SSSR count). The van der Waals surface area contributed by atoms with E-state index in [1.54, 1.807) is 31.1 Å². The Morgan fingerprint density at radius 3 is 2.43 bits per heavy atom. The minimum Gasteiger partial charge on any atom is -0.361 e. The third-order valence-corrected chi connectivity index (χ3v) is 4.84. The lowest BCUT2D eigenvalue weighted by Gasteiger charge is -2.33. The average Bonchev–Trinajstić information content (AvgIpc) is 3.26. The molecule has 2 amide bonds. The minimum atomic E-state index is -0.641. The van der Waals surface area contributed by atoms with Gasteiger partial charge >= 0.3 is 0 Å². The standard InChI is InChI=1S/C17H25N7O3.3ClH/c1-10-15(11(2)27-22-10)16(25)21-12-8-20-24(9-12)13-3-5-23(6-4-13)17(26)14(19)7-18;;;/h8-9,13-14H,3-7,18-19H2,1-2H3,(H,21,25);3*1H/t14-;;;/m0.../s1. The number of carbonyl (C=O) groups is 2. The van der Waals surface area contributed by atoms with Crippen molar-refractivity contribution in [1.82, 2.24) is 19.8 Å². The molecule has 30 heavy (non-hydrogen) atoms. The largest absolute Gasteiger partial charge is 0.361 e. The molecule has 0 radical (unpaired) electrons. The number of nitrogens with zero attached hydrogens (tertiary/aromatic N) is 4. The highest BCUT2D eigenvalue weighted by molar-refractivity contribution is 6.05. The van der Waals surface area contributed by atoms with Gasteiger partial charge in [0.05, 0.1) is 29.7 Å². The second-order valence-electron chi connectivity index (χ2n) is 6.76. The molecule has 170 valence electrons. The van der Waals surface area contributed by atoms with Crippen LogP contribution in [0.25, 0.3) is 0 Å². The molecule has 0 unspecified atom stereocenters. The number of nitrogens with one attached hydrogen (secondary N) is 1. The normalized spacial score (nSPS) is 14.7. The van der Waals surface area contributed by atoms with Crippen LogP contribution in [0.4, 0.5) is 5.69 Å². The number of aromatic nitrogens is 3. The van der Waals surface area contributed by atoms with Gasteiger partial charge in [-0.2, -0.15) is 5.10 Å². The first kappa shape index (κ1) is 28.1. The summed E-state index contributed by atoms with van der Waals surface area (Å²) in [4.78, 5) is 26.2. The van der Waals surface area contributed by atoms with Gasteiger partial charge in [-0.05, 0) is 26.7 Å². The topological polar surface area (TPSA) is 145 Å². The Balaban J connectivity index is 0.00000280. The predicted octanol–water partition coefficient (Wildman–Crippen LogP) is 1.46. The summed E-state index contributed by atoms with van der Waals surface area (Å²) in [6.07, 6.45) is 4.94. The van der Waals surface area contributed by atoms with Crippen molar-refractivity contribution >= 4 is 54.7 Å². The Kier molecular flexibility index (Phi) is 11.4. The van der Waals surface area contributed by atoms with Crippen LogP contribution in [0.2, 0.25) is 0 Å². The van der Waals surface area contributed by atoms with Crippen LogP contribution < -0.4 is 16.8 Å². The Hall–Kier alpha value is -1.85. The Labute approximate surface area is 193 Å². The number of nitrogens with two attached hydrogens (primary N) is 2. The molecule has 5 N–H and O–H groups in total. The van der Waals surface area contributed by atoms with Gasteiger partial charge in [-0.3, -0.25) is 14.3 Å². The highest BCUT2D eigenvalue weighted by Gasteiger charge is 2.27. The first-order valence-electron chi connectivity index (χ1n) is 8.93. The lowest BCUT2D eigenvalue weighted by molar-refractivity contribution is -0.133. The molecular formula is C17H28Cl3N7O3. The second-order valence-corrected chi connectivity index (χ2v) is 6.76. The Morgan fingerprint density at radius 1 is 1.27 bits per heavy atom. The van der Waals surface area contributed by atoms with Gasteiger partial charge in [0, 0.05) is 25.8 Å². The fourth-order valence-electron chi connectivity index (χ4n) is 3.29. The summed E-state index contributed by atoms with van der Waals surface area (Å²) >= 11 is 0. The Bertz CT molecular complexity index is 815. The average molecular weight is 485 g/mol. The molecule has 10 nitrogen and oxygen atoms in total. The molecule has 0 bridgehead atoms. The van der Waals surface area contributed by atoms with Crippen molar-refractivity contribution in [1.29, 1.82) is 0 Å². The summed E-state index contributed by atoms with van der Waals surface area (Å²) in [6, 6.07) is -0.481. The fourth-order valence-corrected chi connectivity index (χ4v) is 3.29. The zero-order chi connectivity index (χ0) is 19.6. The highest BCUT2D eigenvalue weighted by Crippen LogP contribution is 2.24. The monoisotopic (exact) mass is 483 g/mol. The van der Waals surface area contributed by atoms with Gasteiger partial charge < -0.3 is 26.2 Å². The number of halogens is 3. The number of aryl methyl sites for hydroxylation is 2. The molecule has 0 aromatic carbocycles. The van der Waals surface area contributed by atoms with Crippen molar-refractivity contribution in [2.24, 2.45) is 11.5 Å². The van der Waals surface area contributed by atoms with E-state index >= 15 is 0 Å². The quantitative estimate of drug-likeness (QED) is 0.582. The van der Waals surface area contributed by atoms with Gasteiger partial charge in [-0.15, -0.1) is 37.2 Å². The molecule has 13 heteroatoms. The Morgan fingerprint density at radius 2 is 1.90 bits per heavy atom. The van der Waals surface area contributed by atoms with E-state index in [2.05, 4.69) is 15.6 Å². The third-order valence-electron chi connectivity index (χ3n) is 4.84. The van der Waals surface area contributed by atoms with Gasteiger partial charge in [0.1, 0.15) is 11.3 Å². The van der Waals surface area contributed by atoms with Crippen molar-refractivity contribution in [3.8, 4) is 0 Å². The van der Waals surface area contributed by atoms with Crippen LogP contribution >= 0.6 is 37.2 Å². The van der Waals surface area contributed by atoms with Crippen molar-refractivity contribution in [2.45, 2.75) is 38.8 Å². The van der Waals surface area contributed by atoms with Crippen LogP contribution in [0.1, 0.15) is 40.7 Å². The lowest BCUT2D eigenvalue weighted by atomic mass is 10.0. The van der Waals surface area contributed by atoms with E-state index in [0.29, 0.717) is 35.8 Å². The molecule has 3 heterocycles. The molecule has 0 aliphatic carbocycles. The van der Waals surface area contributed by atoms with Crippen molar-refractivity contribution in [2.75, 3.05) is 25.0 Å². The molecule has 0 spiro atoms. The maximum absolute atomic E-state index is 12.4. The number of piperidine rings is 1. The highest BCUT2D eigenvalue weighted by atomic mass is 35.5. The number of carbonyl (C=O) groups excluding carboxylic acids is 2. The number of hydrogen-bond donors (Lipinski definition) is 3. The summed E-state index contributed by atoms with van der Waals surface area (Å²) in [7, 11) is 0. The van der Waals surface area contributed by atoms with Gasteiger partial charge in [-0.1, -0.05) is 5.16 Å². The molecule has 2 aromatic heterocycles. The molecule has 2 aromatic rings. The maximum Gasteiger partial charge on any atom is 0.261 e. The first-order valence-corrected chi connectivity index (χ1v) is 8.93. The number of amides is 2. The van der Waals surface area contributed by atoms with Gasteiger partial charge in [0.15, 0.2) is 0 Å². The minimum absolute atomic E-state index is 0. The van der Waals surface area contributed by atoms with E-state index in [1.165, 1.54) is 0 Å². The molecule has 1 aliphatic heterocycles. The summed E-state index contributed by atoms with van der Waals surface area (Å²) in [6.45, 7) is 4.78. The van der Waals surface area contributed by atoms with Crippen molar-refractivity contribution in [3.05, 3.63) is 29.4 Å². The number of anilines is 1. The van der Waals surface area contributed by atoms with Gasteiger partial charge in [0.2, 0.25) is 5.91 Å². The molecule has 1 saturated heterocycles. The van der Waals surface area contributed by atoms with E-state index in [1.807, 2.05) is 4.68 Å². The second kappa shape index (κ2) is 12.1. The van der Waals surface area contributed by atoms with E-state index in [9.17, 15) is 9.59 Å². The van der Waals surface area contributed by atoms with Crippen LogP contribution in [0.15, 0.2) is 16.9 Å². The maximum atomic E-state index is 12.4. The van der Waals surface area contributed by atoms with Crippen LogP contribution in [-0.4, -0.2) is 57.3 Å². The van der Waals surface area contributed by atoms with E-state index < -0.39 is 6.04 Å². The molecule has 0 saturated carbocycles. The van der Waals surface area contributed by atoms with Crippen LogP contribution in [0.5, 0.6) is 0 Å². The van der Waals surface area contributed by atoms with Crippen LogP contribution in [-0.2, 0) is 4.79 Å². The van der Waals surface area contributed by atoms with Crippen molar-refractivity contribution in [3.63, 3.8) is 0 Å². The first-order chi connectivity index (χ1) is 12.9. The number of rotatable bonds is 5. The zero-order valence-corrected chi connectivity index (χ0v) is 19.2. The zero-order valence-electron chi connectivity index (χ0n) is 16.7. The summed E-state index contributed by atoms with van der Waals surface area (Å²) in [5.74, 6) is 0.0935. The SMILES string of the molecule is Cc1noc(C)c1C(=O)Nc1cnn(C2CCN(C(=O)[C@@H](N)CN)CC2)c1.Cl.Cl.Cl. The van der Waals surface area contributed by atoms with Gasteiger partial charge in [0.25, 0.3) is 5.91 Å². The van der Waals surface area contributed by atoms with Crippen LogP contribution in [0, 0.1) is 13.8 Å². The van der Waals surface area contributed by atoms with Crippen molar-refractivity contribution < 1.29 is 14.1 Å². The van der Waals surface area contributed by atoms with E-state index in [-0.39, 0.29) is 61.6 Å². The molecular weight excluding hydrogens is 457 g/mol. The van der Waals surface area contributed by atoms with Gasteiger partial charge in [-0.25, -0.2) is 0 Å². The predicted molar refractivity (Wildman–Crippen MR) is 120 cm³/mol. The molecule has 1 aliphatic rings. The smallest absolute Gasteiger partial charge is 0.261 e. The van der Waals surface area contributed by atoms with E-state index in [0.717, 1.165) is 12.8 Å². The molecule has 1 atom stereocenters. The lowest BCUT2D eigenvalue weighted by Crippen LogP contribution is -2.50. The third kappa shape index (κ3) is 6.08. The van der Waals surface area contributed by atoms with Crippen LogP contribution in [0.3, 0.4) is 0 Å². The number of likely N-dealkylation sites (tertiary alicyclic amines) is 1. The summed E-state index contributed by atoms with van der Waals surface area (Å²) < 4.78 is 6.86. The van der Waals surface area contributed by atoms with E-state index in [4.69, 9.17) is 16.0 Å². The number of hydrogen-bond acceptors (Lipinski definition) is 7. The summed E-state index contributed by atoms with van der Waals surface area (Å²) in [5.41, 5.74) is 12.8. The fraction of sp³-hybridized carbons (Fsp3) is 0.529. The molecule has 1 fully saturated rings. The summed E-state index contributed by atoms with van der Waals surface area (Å²) in [5, 5.41) is 11.0.